The third-order valence-electron chi connectivity index (χ3n) is 9.56. The van der Waals surface area contributed by atoms with Crippen molar-refractivity contribution in [1.29, 1.82) is 0 Å². The first-order valence-corrected chi connectivity index (χ1v) is 18.3. The highest BCUT2D eigenvalue weighted by atomic mass is 35.5. The van der Waals surface area contributed by atoms with Gasteiger partial charge in [0, 0.05) is 62.5 Å². The smallest absolute Gasteiger partial charge is 0.497 e. The summed E-state index contributed by atoms with van der Waals surface area (Å²) in [5, 5.41) is 11.2. The minimum atomic E-state index is -5.32. The number of halogens is 4. The van der Waals surface area contributed by atoms with E-state index in [1.54, 1.807) is 18.2 Å². The zero-order chi connectivity index (χ0) is 38.5. The second kappa shape index (κ2) is 14.6. The van der Waals surface area contributed by atoms with Gasteiger partial charge in [0.2, 0.25) is 5.91 Å². The van der Waals surface area contributed by atoms with Crippen LogP contribution in [0.1, 0.15) is 23.1 Å². The van der Waals surface area contributed by atoms with Gasteiger partial charge in [-0.1, -0.05) is 17.7 Å². The number of methoxy groups -OCH3 is 2. The Kier molecular flexibility index (Phi) is 10.6. The van der Waals surface area contributed by atoms with Crippen LogP contribution in [0.4, 0.5) is 18.9 Å². The number of anilines is 1. The van der Waals surface area contributed by atoms with Gasteiger partial charge in [-0.05, 0) is 54.4 Å². The zero-order valence-corrected chi connectivity index (χ0v) is 30.8. The van der Waals surface area contributed by atoms with Crippen molar-refractivity contribution >= 4 is 39.1 Å². The van der Waals surface area contributed by atoms with Crippen LogP contribution < -0.4 is 18.5 Å². The third kappa shape index (κ3) is 7.01. The van der Waals surface area contributed by atoms with Gasteiger partial charge in [-0.3, -0.25) is 19.4 Å². The molecule has 6 rings (SSSR count). The lowest BCUT2D eigenvalue weighted by molar-refractivity contribution is -0.275. The highest BCUT2D eigenvalue weighted by Crippen LogP contribution is 2.55. The van der Waals surface area contributed by atoms with Crippen molar-refractivity contribution in [2.24, 2.45) is 0 Å². The van der Waals surface area contributed by atoms with E-state index < -0.39 is 56.5 Å². The third-order valence-corrected chi connectivity index (χ3v) is 11.5. The number of likely N-dealkylation sites (N-methyl/N-ethyl adjacent to an activating group) is 1. The number of hydrogen-bond donors (Lipinski definition) is 1. The number of nitrogens with zero attached hydrogens (tertiary/aromatic N) is 4. The van der Waals surface area contributed by atoms with E-state index in [0.29, 0.717) is 42.7 Å². The molecule has 0 aromatic heterocycles. The van der Waals surface area contributed by atoms with Crippen molar-refractivity contribution in [3.05, 3.63) is 76.3 Å². The molecule has 18 heteroatoms. The number of benzene rings is 3. The Bertz CT molecular complexity index is 2010. The number of alkyl halides is 3. The molecule has 0 aliphatic carbocycles. The molecule has 2 saturated heterocycles. The minimum Gasteiger partial charge on any atom is -0.497 e. The first kappa shape index (κ1) is 38.6. The lowest BCUT2D eigenvalue weighted by Crippen LogP contribution is -2.59. The number of rotatable bonds is 10. The van der Waals surface area contributed by atoms with E-state index in [9.17, 15) is 31.5 Å². The Balaban J connectivity index is 1.65. The Morgan fingerprint density at radius 2 is 1.74 bits per heavy atom. The van der Waals surface area contributed by atoms with Crippen molar-refractivity contribution in [2.45, 2.75) is 41.9 Å². The summed E-state index contributed by atoms with van der Waals surface area (Å²) in [4.78, 5) is 33.3. The van der Waals surface area contributed by atoms with Gasteiger partial charge in [0.1, 0.15) is 16.4 Å². The Morgan fingerprint density at radius 1 is 1.02 bits per heavy atom. The van der Waals surface area contributed by atoms with E-state index >= 15 is 4.79 Å². The predicted molar refractivity (Wildman–Crippen MR) is 185 cm³/mol. The topological polar surface area (TPSA) is 138 Å². The van der Waals surface area contributed by atoms with Crippen molar-refractivity contribution in [3.8, 4) is 17.2 Å². The number of β-amino-alcohol motifs (C(OH)–C–C–N with tert-alkyl or cyclic N) is 1. The molecule has 1 unspecified atom stereocenters. The number of carbonyl (C=O) groups excluding carboxylic acids is 2. The van der Waals surface area contributed by atoms with Gasteiger partial charge in [0.05, 0.1) is 45.3 Å². The van der Waals surface area contributed by atoms with Crippen LogP contribution in [0.2, 0.25) is 5.02 Å². The van der Waals surface area contributed by atoms with Crippen molar-refractivity contribution in [2.75, 3.05) is 65.5 Å². The van der Waals surface area contributed by atoms with Gasteiger partial charge < -0.3 is 29.0 Å². The monoisotopic (exact) mass is 782 g/mol. The second-order valence-corrected chi connectivity index (χ2v) is 15.2. The highest BCUT2D eigenvalue weighted by Gasteiger charge is 2.64. The fraction of sp³-hybridized carbons (Fsp3) is 0.429. The fourth-order valence-corrected chi connectivity index (χ4v) is 9.01. The number of aliphatic hydroxyl groups excluding tert-OH is 1. The van der Waals surface area contributed by atoms with E-state index in [0.717, 1.165) is 18.2 Å². The largest absolute Gasteiger partial charge is 0.573 e. The van der Waals surface area contributed by atoms with E-state index in [-0.39, 0.29) is 46.3 Å². The summed E-state index contributed by atoms with van der Waals surface area (Å²) in [6.07, 6.45) is -6.58. The number of amides is 2. The molecule has 3 aliphatic rings. The number of sulfonamides is 1. The maximum absolute atomic E-state index is 15.6. The predicted octanol–water partition coefficient (Wildman–Crippen LogP) is 3.59. The van der Waals surface area contributed by atoms with Crippen LogP contribution in [0.25, 0.3) is 0 Å². The lowest BCUT2D eigenvalue weighted by atomic mass is 9.80. The Hall–Kier alpha value is -4.13. The molecule has 3 aromatic carbocycles. The van der Waals surface area contributed by atoms with Crippen LogP contribution in [0.5, 0.6) is 17.2 Å². The number of morpholine rings is 1. The maximum atomic E-state index is 15.6. The molecular weight excluding hydrogens is 745 g/mol. The van der Waals surface area contributed by atoms with Gasteiger partial charge >= 0.3 is 6.36 Å². The molecule has 3 atom stereocenters. The van der Waals surface area contributed by atoms with Gasteiger partial charge in [0.25, 0.3) is 15.9 Å². The van der Waals surface area contributed by atoms with Crippen LogP contribution in [0, 0.1) is 0 Å². The van der Waals surface area contributed by atoms with Crippen molar-refractivity contribution in [3.63, 3.8) is 0 Å². The van der Waals surface area contributed by atoms with Crippen LogP contribution >= 0.6 is 11.6 Å². The highest BCUT2D eigenvalue weighted by molar-refractivity contribution is 7.93. The molecule has 13 nitrogen and oxygen atoms in total. The van der Waals surface area contributed by atoms with E-state index in [1.807, 2.05) is 0 Å². The summed E-state index contributed by atoms with van der Waals surface area (Å²) in [6.45, 7) is 2.39. The number of ether oxygens (including phenoxy) is 4. The van der Waals surface area contributed by atoms with Gasteiger partial charge in [0.15, 0.2) is 11.3 Å². The number of hydrogen-bond acceptors (Lipinski definition) is 11. The van der Waals surface area contributed by atoms with E-state index in [2.05, 4.69) is 9.64 Å². The first-order valence-electron chi connectivity index (χ1n) is 16.5. The number of carbonyl (C=O) groups is 2. The van der Waals surface area contributed by atoms with Gasteiger partial charge in [-0.2, -0.15) is 0 Å². The number of aliphatic hydroxyl groups is 1. The molecule has 2 amide bonds. The molecule has 3 heterocycles. The summed E-state index contributed by atoms with van der Waals surface area (Å²) < 4.78 is 91.6. The Labute approximate surface area is 309 Å². The number of fused-ring (bicyclic) bond motifs is 1. The summed E-state index contributed by atoms with van der Waals surface area (Å²) in [6, 6.07) is 10.6. The normalized spacial score (nSPS) is 22.5. The molecule has 0 saturated carbocycles. The summed E-state index contributed by atoms with van der Waals surface area (Å²) >= 11 is 6.58. The summed E-state index contributed by atoms with van der Waals surface area (Å²) in [5.41, 5.74) is -1.65. The second-order valence-electron chi connectivity index (χ2n) is 13.0. The minimum absolute atomic E-state index is 0.00199. The lowest BCUT2D eigenvalue weighted by Gasteiger charge is -2.42. The van der Waals surface area contributed by atoms with Crippen LogP contribution in [-0.2, 0) is 36.4 Å². The average molecular weight is 783 g/mol. The Morgan fingerprint density at radius 3 is 2.38 bits per heavy atom. The summed E-state index contributed by atoms with van der Waals surface area (Å²) in [7, 11) is 0.290. The zero-order valence-electron chi connectivity index (χ0n) is 29.2. The number of likely N-dealkylation sites (tertiary alicyclic amines) is 1. The molecular formula is C35H38ClF3N4O9S. The molecule has 286 valence electrons. The fourth-order valence-electron chi connectivity index (χ4n) is 7.28. The molecule has 0 spiro atoms. The standard InChI is InChI=1S/C35H38ClF3N4O9S/c1-40(2)32(45)28-17-23(44)20-42(28)34(26-15-21(5-9-29(26)50-4)19-41-11-13-51-14-12-41)25-16-22(36)6-8-27(25)43(33(34)46)53(47,48)31-10-7-24(49-3)18-30(31)52-35(37,38)39/h5-10,15-16,18,23,28,44H,11-14,17,19-20H2,1-4H3/t23-,28+,34?/m1/s1. The van der Waals surface area contributed by atoms with Crippen molar-refractivity contribution < 1.29 is 55.2 Å². The SMILES string of the molecule is COc1ccc(S(=O)(=O)N2C(=O)C(c3cc(CN4CCOCC4)ccc3OC)(N3C[C@H](O)C[C@H]3C(=O)N(C)C)c3cc(Cl)ccc32)c(OC(F)(F)F)c1. The molecule has 2 fully saturated rings. The molecule has 0 bridgehead atoms. The molecule has 3 aliphatic heterocycles. The summed E-state index contributed by atoms with van der Waals surface area (Å²) in [5.74, 6) is -2.80. The van der Waals surface area contributed by atoms with E-state index in [1.165, 1.54) is 56.3 Å². The van der Waals surface area contributed by atoms with E-state index in [4.69, 9.17) is 25.8 Å². The molecule has 1 N–H and O–H groups in total. The maximum Gasteiger partial charge on any atom is 0.573 e. The van der Waals surface area contributed by atoms with Crippen LogP contribution in [0.15, 0.2) is 59.5 Å². The van der Waals surface area contributed by atoms with Gasteiger partial charge in [-0.15, -0.1) is 13.2 Å². The molecule has 53 heavy (non-hydrogen) atoms. The first-order chi connectivity index (χ1) is 25.0. The van der Waals surface area contributed by atoms with Gasteiger partial charge in [-0.25, -0.2) is 12.7 Å². The molecule has 0 radical (unpaired) electrons. The molecule has 3 aromatic rings. The van der Waals surface area contributed by atoms with Crippen LogP contribution in [-0.4, -0.2) is 120 Å². The van der Waals surface area contributed by atoms with Crippen molar-refractivity contribution in [1.82, 2.24) is 14.7 Å². The quantitative estimate of drug-likeness (QED) is 0.323. The average Bonchev–Trinajstić information content (AvgIpc) is 3.61. The van der Waals surface area contributed by atoms with Crippen LogP contribution in [0.3, 0.4) is 0 Å².